The maximum absolute atomic E-state index is 12.1. The fourth-order valence-corrected chi connectivity index (χ4v) is 3.53. The van der Waals surface area contributed by atoms with Gasteiger partial charge in [0.25, 0.3) is 5.91 Å². The second-order valence-electron chi connectivity index (χ2n) is 6.03. The Balaban J connectivity index is 1.58. The molecule has 6 nitrogen and oxygen atoms in total. The Kier molecular flexibility index (Phi) is 4.88. The van der Waals surface area contributed by atoms with Crippen LogP contribution in [0.15, 0.2) is 29.9 Å². The van der Waals surface area contributed by atoms with Gasteiger partial charge in [0, 0.05) is 30.6 Å². The Morgan fingerprint density at radius 3 is 3.04 bits per heavy atom. The number of likely N-dealkylation sites (tertiary alicyclic amines) is 1. The highest BCUT2D eigenvalue weighted by molar-refractivity contribution is 7.13. The minimum atomic E-state index is -0.252. The van der Waals surface area contributed by atoms with Crippen molar-refractivity contribution in [1.82, 2.24) is 9.88 Å². The van der Waals surface area contributed by atoms with Crippen molar-refractivity contribution in [2.75, 3.05) is 18.4 Å². The molecule has 1 fully saturated rings. The molecule has 0 aromatic carbocycles. The molecule has 2 aromatic heterocycles. The van der Waals surface area contributed by atoms with E-state index in [0.717, 1.165) is 31.2 Å². The number of aromatic nitrogens is 2. The zero-order chi connectivity index (χ0) is 16.2. The summed E-state index contributed by atoms with van der Waals surface area (Å²) in [5.74, 6) is 0.488. The van der Waals surface area contributed by atoms with E-state index < -0.39 is 0 Å². The van der Waals surface area contributed by atoms with Gasteiger partial charge in [0.05, 0.1) is 11.3 Å². The average Bonchev–Trinajstić information content (AvgIpc) is 2.95. The minimum absolute atomic E-state index is 0.252. The van der Waals surface area contributed by atoms with Crippen molar-refractivity contribution in [3.63, 3.8) is 0 Å². The molecule has 0 aliphatic carbocycles. The lowest BCUT2D eigenvalue weighted by molar-refractivity contribution is -0.605. The maximum Gasteiger partial charge on any atom is 0.257 e. The zero-order valence-corrected chi connectivity index (χ0v) is 13.9. The van der Waals surface area contributed by atoms with Crippen LogP contribution in [0.2, 0.25) is 0 Å². The van der Waals surface area contributed by atoms with E-state index in [1.165, 1.54) is 48.7 Å². The average molecular weight is 332 g/mol. The topological polar surface area (TPSA) is 72.2 Å². The molecule has 1 atom stereocenters. The predicted molar refractivity (Wildman–Crippen MR) is 89.1 cm³/mol. The molecule has 1 unspecified atom stereocenters. The summed E-state index contributed by atoms with van der Waals surface area (Å²) >= 11 is 1.43. The highest BCUT2D eigenvalue weighted by atomic mass is 32.1. The summed E-state index contributed by atoms with van der Waals surface area (Å²) in [7, 11) is 0. The summed E-state index contributed by atoms with van der Waals surface area (Å²) in [6.45, 7) is 5.34. The van der Waals surface area contributed by atoms with Crippen molar-refractivity contribution in [2.24, 2.45) is 5.92 Å². The van der Waals surface area contributed by atoms with Crippen LogP contribution in [0.4, 0.5) is 5.13 Å². The molecule has 1 aliphatic rings. The number of hydrogen-bond acceptors (Lipinski definition) is 5. The lowest BCUT2D eigenvalue weighted by Gasteiger charge is -2.30. The normalized spacial score (nSPS) is 18.7. The number of amides is 1. The van der Waals surface area contributed by atoms with E-state index in [2.05, 4.69) is 22.1 Å². The van der Waals surface area contributed by atoms with Gasteiger partial charge in [-0.3, -0.25) is 15.0 Å². The van der Waals surface area contributed by atoms with Gasteiger partial charge < -0.3 is 5.21 Å². The van der Waals surface area contributed by atoms with Crippen LogP contribution in [0.3, 0.4) is 0 Å². The van der Waals surface area contributed by atoms with E-state index >= 15 is 0 Å². The Bertz CT molecular complexity index is 671. The van der Waals surface area contributed by atoms with Gasteiger partial charge in [0.1, 0.15) is 0 Å². The largest absolute Gasteiger partial charge is 0.619 e. The standard InChI is InChI=1S/C16H20N4O2S/c1-12-3-2-6-19(9-12)10-14-11-23-16(17-14)18-15(21)13-4-7-20(22)8-5-13/h4-5,7-8,11-12H,2-3,6,9-10H2,1H3,(H,17,18,21). The maximum atomic E-state index is 12.1. The van der Waals surface area contributed by atoms with E-state index in [0.29, 0.717) is 15.4 Å². The third kappa shape index (κ3) is 4.27. The number of carbonyl (C=O) groups excluding carboxylic acids is 1. The summed E-state index contributed by atoms with van der Waals surface area (Å²) in [6.07, 6.45) is 5.15. The molecule has 2 aromatic rings. The number of hydrogen-bond donors (Lipinski definition) is 1. The Hall–Kier alpha value is -1.99. The molecule has 3 heterocycles. The molecule has 7 heteroatoms. The Morgan fingerprint density at radius 2 is 2.30 bits per heavy atom. The first-order valence-electron chi connectivity index (χ1n) is 7.77. The highest BCUT2D eigenvalue weighted by Crippen LogP contribution is 2.21. The second kappa shape index (κ2) is 7.06. The molecule has 1 N–H and O–H groups in total. The van der Waals surface area contributed by atoms with Gasteiger partial charge in [-0.2, -0.15) is 4.73 Å². The lowest BCUT2D eigenvalue weighted by atomic mass is 10.0. The van der Waals surface area contributed by atoms with Crippen molar-refractivity contribution in [2.45, 2.75) is 26.3 Å². The van der Waals surface area contributed by atoms with Gasteiger partial charge in [-0.05, 0) is 25.3 Å². The van der Waals surface area contributed by atoms with Crippen molar-refractivity contribution in [3.05, 3.63) is 46.4 Å². The van der Waals surface area contributed by atoms with Gasteiger partial charge in [0.2, 0.25) is 0 Å². The van der Waals surface area contributed by atoms with E-state index in [4.69, 9.17) is 0 Å². The Morgan fingerprint density at radius 1 is 1.52 bits per heavy atom. The molecule has 0 saturated carbocycles. The molecule has 1 saturated heterocycles. The molecule has 0 bridgehead atoms. The van der Waals surface area contributed by atoms with Crippen molar-refractivity contribution < 1.29 is 9.52 Å². The van der Waals surface area contributed by atoms with Crippen LogP contribution in [0.25, 0.3) is 0 Å². The van der Waals surface area contributed by atoms with E-state index in [9.17, 15) is 10.0 Å². The SMILES string of the molecule is CC1CCCN(Cc2csc(NC(=O)c3cc[n+]([O-])cc3)n2)C1. The van der Waals surface area contributed by atoms with Gasteiger partial charge in [-0.1, -0.05) is 6.92 Å². The predicted octanol–water partition coefficient (Wildman–Crippen LogP) is 2.26. The van der Waals surface area contributed by atoms with E-state index in [1.807, 2.05) is 5.38 Å². The third-order valence-corrected chi connectivity index (χ3v) is 4.77. The highest BCUT2D eigenvalue weighted by Gasteiger charge is 2.17. The second-order valence-corrected chi connectivity index (χ2v) is 6.89. The van der Waals surface area contributed by atoms with Crippen LogP contribution >= 0.6 is 11.3 Å². The first kappa shape index (κ1) is 15.9. The van der Waals surface area contributed by atoms with Gasteiger partial charge in [-0.25, -0.2) is 4.98 Å². The monoisotopic (exact) mass is 332 g/mol. The molecule has 3 rings (SSSR count). The lowest BCUT2D eigenvalue weighted by Crippen LogP contribution is -2.33. The summed E-state index contributed by atoms with van der Waals surface area (Å²) in [4.78, 5) is 19.0. The quantitative estimate of drug-likeness (QED) is 0.688. The molecule has 122 valence electrons. The number of piperidine rings is 1. The molecule has 23 heavy (non-hydrogen) atoms. The Labute approximate surface area is 139 Å². The number of nitrogens with one attached hydrogen (secondary N) is 1. The van der Waals surface area contributed by atoms with Crippen LogP contribution in [0, 0.1) is 11.1 Å². The number of anilines is 1. The van der Waals surface area contributed by atoms with Crippen LogP contribution < -0.4 is 10.0 Å². The van der Waals surface area contributed by atoms with Crippen molar-refractivity contribution in [3.8, 4) is 0 Å². The minimum Gasteiger partial charge on any atom is -0.619 e. The van der Waals surface area contributed by atoms with E-state index in [-0.39, 0.29) is 5.91 Å². The first-order chi connectivity index (χ1) is 11.1. The number of carbonyl (C=O) groups is 1. The fraction of sp³-hybridized carbons (Fsp3) is 0.438. The van der Waals surface area contributed by atoms with Crippen molar-refractivity contribution >= 4 is 22.4 Å². The zero-order valence-electron chi connectivity index (χ0n) is 13.1. The van der Waals surface area contributed by atoms with E-state index in [1.54, 1.807) is 0 Å². The number of thiazole rings is 1. The molecular weight excluding hydrogens is 312 g/mol. The van der Waals surface area contributed by atoms with Crippen LogP contribution in [-0.4, -0.2) is 28.9 Å². The molecular formula is C16H20N4O2S. The summed E-state index contributed by atoms with van der Waals surface area (Å²) < 4.78 is 0.651. The van der Waals surface area contributed by atoms with Crippen LogP contribution in [0.1, 0.15) is 35.8 Å². The molecule has 0 spiro atoms. The summed E-state index contributed by atoms with van der Waals surface area (Å²) in [6, 6.07) is 2.98. The molecule has 0 radical (unpaired) electrons. The number of nitrogens with zero attached hydrogens (tertiary/aromatic N) is 3. The van der Waals surface area contributed by atoms with Gasteiger partial charge >= 0.3 is 0 Å². The van der Waals surface area contributed by atoms with Crippen LogP contribution in [0.5, 0.6) is 0 Å². The smallest absolute Gasteiger partial charge is 0.257 e. The first-order valence-corrected chi connectivity index (χ1v) is 8.65. The van der Waals surface area contributed by atoms with Crippen LogP contribution in [-0.2, 0) is 6.54 Å². The number of rotatable bonds is 4. The summed E-state index contributed by atoms with van der Waals surface area (Å²) in [5.41, 5.74) is 1.43. The van der Waals surface area contributed by atoms with Gasteiger partial charge in [0.15, 0.2) is 17.5 Å². The number of pyridine rings is 1. The molecule has 1 amide bonds. The fourth-order valence-electron chi connectivity index (χ4n) is 2.83. The third-order valence-electron chi connectivity index (χ3n) is 3.96. The van der Waals surface area contributed by atoms with Gasteiger partial charge in [-0.15, -0.1) is 11.3 Å². The summed E-state index contributed by atoms with van der Waals surface area (Å²) in [5, 5.41) is 16.4. The molecule has 1 aliphatic heterocycles. The van der Waals surface area contributed by atoms with Crippen molar-refractivity contribution in [1.29, 1.82) is 0 Å².